The first-order valence-corrected chi connectivity index (χ1v) is 6.57. The number of imidazole rings is 1. The van der Waals surface area contributed by atoms with Crippen molar-refractivity contribution in [3.63, 3.8) is 0 Å². The maximum absolute atomic E-state index is 11.8. The molecule has 1 aromatic carbocycles. The molecule has 1 amide bonds. The molecule has 0 bridgehead atoms. The van der Waals surface area contributed by atoms with Crippen molar-refractivity contribution >= 4 is 5.91 Å². The highest BCUT2D eigenvalue weighted by Gasteiger charge is 2.04. The second-order valence-corrected chi connectivity index (χ2v) is 4.62. The quantitative estimate of drug-likeness (QED) is 0.840. The molecule has 0 spiro atoms. The van der Waals surface area contributed by atoms with Gasteiger partial charge in [-0.3, -0.25) is 4.79 Å². The van der Waals surface area contributed by atoms with Crippen LogP contribution in [-0.4, -0.2) is 29.5 Å². The zero-order valence-electron chi connectivity index (χ0n) is 11.8. The van der Waals surface area contributed by atoms with Crippen molar-refractivity contribution in [1.82, 2.24) is 15.3 Å². The minimum Gasteiger partial charge on any atom is -0.497 e. The second kappa shape index (κ2) is 6.75. The summed E-state index contributed by atoms with van der Waals surface area (Å²) in [6.45, 7) is 2.51. The first kappa shape index (κ1) is 14.1. The Bertz CT molecular complexity index is 578. The smallest absolute Gasteiger partial charge is 0.224 e. The van der Waals surface area contributed by atoms with Crippen LogP contribution in [0.3, 0.4) is 0 Å². The van der Waals surface area contributed by atoms with E-state index in [2.05, 4.69) is 15.3 Å². The van der Waals surface area contributed by atoms with Crippen LogP contribution in [0.25, 0.3) is 0 Å². The first-order valence-electron chi connectivity index (χ1n) is 6.57. The highest BCUT2D eigenvalue weighted by Crippen LogP contribution is 2.12. The van der Waals surface area contributed by atoms with Crippen LogP contribution in [-0.2, 0) is 17.6 Å². The Morgan fingerprint density at radius 1 is 1.45 bits per heavy atom. The monoisotopic (exact) mass is 273 g/mol. The molecule has 5 heteroatoms. The minimum absolute atomic E-state index is 0.00879. The van der Waals surface area contributed by atoms with Gasteiger partial charge in [0, 0.05) is 24.9 Å². The molecule has 0 aliphatic carbocycles. The van der Waals surface area contributed by atoms with Crippen molar-refractivity contribution in [2.45, 2.75) is 19.8 Å². The van der Waals surface area contributed by atoms with Crippen molar-refractivity contribution in [1.29, 1.82) is 0 Å². The van der Waals surface area contributed by atoms with Gasteiger partial charge in [0.2, 0.25) is 5.91 Å². The molecule has 0 atom stereocenters. The van der Waals surface area contributed by atoms with Crippen LogP contribution in [0.15, 0.2) is 30.5 Å². The van der Waals surface area contributed by atoms with E-state index >= 15 is 0 Å². The fourth-order valence-electron chi connectivity index (χ4n) is 1.97. The second-order valence-electron chi connectivity index (χ2n) is 4.62. The lowest BCUT2D eigenvalue weighted by molar-refractivity contribution is -0.120. The Labute approximate surface area is 118 Å². The van der Waals surface area contributed by atoms with Gasteiger partial charge in [0.05, 0.1) is 13.5 Å². The first-order chi connectivity index (χ1) is 9.67. The van der Waals surface area contributed by atoms with Crippen molar-refractivity contribution in [3.8, 4) is 5.75 Å². The molecule has 0 saturated carbocycles. The summed E-state index contributed by atoms with van der Waals surface area (Å²) in [5.74, 6) is 1.67. The van der Waals surface area contributed by atoms with Gasteiger partial charge in [0.15, 0.2) is 0 Å². The number of nitrogens with one attached hydrogen (secondary N) is 2. The van der Waals surface area contributed by atoms with Gasteiger partial charge in [0.1, 0.15) is 11.6 Å². The molecule has 2 N–H and O–H groups in total. The summed E-state index contributed by atoms with van der Waals surface area (Å²) in [6, 6.07) is 7.54. The third-order valence-corrected chi connectivity index (χ3v) is 2.97. The van der Waals surface area contributed by atoms with Gasteiger partial charge >= 0.3 is 0 Å². The van der Waals surface area contributed by atoms with Gasteiger partial charge in [-0.2, -0.15) is 0 Å². The Kier molecular flexibility index (Phi) is 4.76. The molecule has 1 aromatic heterocycles. The third kappa shape index (κ3) is 4.12. The SMILES string of the molecule is COc1cccc(CC(=O)NCCc2cnc(C)[nH]2)c1. The van der Waals surface area contributed by atoms with Gasteiger partial charge in [0.25, 0.3) is 0 Å². The highest BCUT2D eigenvalue weighted by atomic mass is 16.5. The molecule has 0 saturated heterocycles. The van der Waals surface area contributed by atoms with Crippen molar-refractivity contribution in [3.05, 3.63) is 47.5 Å². The molecule has 0 aliphatic rings. The molecule has 2 aromatic rings. The molecule has 1 heterocycles. The van der Waals surface area contributed by atoms with E-state index in [1.165, 1.54) is 0 Å². The van der Waals surface area contributed by atoms with E-state index < -0.39 is 0 Å². The largest absolute Gasteiger partial charge is 0.497 e. The molecule has 0 aliphatic heterocycles. The molecular weight excluding hydrogens is 254 g/mol. The van der Waals surface area contributed by atoms with Gasteiger partial charge < -0.3 is 15.0 Å². The number of nitrogens with zero attached hydrogens (tertiary/aromatic N) is 1. The number of H-pyrrole nitrogens is 1. The molecule has 0 radical (unpaired) electrons. The number of aromatic nitrogens is 2. The predicted octanol–water partition coefficient (Wildman–Crippen LogP) is 1.63. The minimum atomic E-state index is 0.00879. The lowest BCUT2D eigenvalue weighted by atomic mass is 10.1. The van der Waals surface area contributed by atoms with E-state index in [4.69, 9.17) is 4.74 Å². The van der Waals surface area contributed by atoms with Gasteiger partial charge in [-0.15, -0.1) is 0 Å². The summed E-state index contributed by atoms with van der Waals surface area (Å²) in [5, 5.41) is 2.90. The molecule has 20 heavy (non-hydrogen) atoms. The summed E-state index contributed by atoms with van der Waals surface area (Å²) in [5.41, 5.74) is 1.98. The maximum Gasteiger partial charge on any atom is 0.224 e. The molecular formula is C15H19N3O2. The van der Waals surface area contributed by atoms with Crippen LogP contribution in [0, 0.1) is 6.92 Å². The van der Waals surface area contributed by atoms with Crippen LogP contribution >= 0.6 is 0 Å². The van der Waals surface area contributed by atoms with Gasteiger partial charge in [-0.05, 0) is 24.6 Å². The maximum atomic E-state index is 11.8. The number of amides is 1. The number of carbonyl (C=O) groups excluding carboxylic acids is 1. The number of hydrogen-bond donors (Lipinski definition) is 2. The van der Waals surface area contributed by atoms with Gasteiger partial charge in [-0.1, -0.05) is 12.1 Å². The van der Waals surface area contributed by atoms with Crippen molar-refractivity contribution < 1.29 is 9.53 Å². The van der Waals surface area contributed by atoms with E-state index in [-0.39, 0.29) is 5.91 Å². The number of hydrogen-bond acceptors (Lipinski definition) is 3. The molecule has 0 fully saturated rings. The fraction of sp³-hybridized carbons (Fsp3) is 0.333. The van der Waals surface area contributed by atoms with Crippen LogP contribution in [0.1, 0.15) is 17.1 Å². The zero-order valence-corrected chi connectivity index (χ0v) is 11.8. The standard InChI is InChI=1S/C15H19N3O2/c1-11-17-10-13(18-11)6-7-16-15(19)9-12-4-3-5-14(8-12)20-2/h3-5,8,10H,6-7,9H2,1-2H3,(H,16,19)(H,17,18). The number of benzene rings is 1. The Hall–Kier alpha value is -2.30. The van der Waals surface area contributed by atoms with E-state index in [1.807, 2.05) is 31.2 Å². The number of ether oxygens (including phenoxy) is 1. The number of methoxy groups -OCH3 is 1. The normalized spacial score (nSPS) is 10.3. The molecule has 5 nitrogen and oxygen atoms in total. The molecule has 2 rings (SSSR count). The van der Waals surface area contributed by atoms with E-state index in [0.29, 0.717) is 13.0 Å². The fourth-order valence-corrected chi connectivity index (χ4v) is 1.97. The Balaban J connectivity index is 1.77. The number of aryl methyl sites for hydroxylation is 1. The van der Waals surface area contributed by atoms with Crippen LogP contribution < -0.4 is 10.1 Å². The van der Waals surface area contributed by atoms with E-state index in [9.17, 15) is 4.79 Å². The predicted molar refractivity (Wildman–Crippen MR) is 76.7 cm³/mol. The van der Waals surface area contributed by atoms with Crippen molar-refractivity contribution in [2.24, 2.45) is 0 Å². The van der Waals surface area contributed by atoms with Crippen LogP contribution in [0.5, 0.6) is 5.75 Å². The summed E-state index contributed by atoms with van der Waals surface area (Å²) < 4.78 is 5.13. The molecule has 106 valence electrons. The van der Waals surface area contributed by atoms with Crippen molar-refractivity contribution in [2.75, 3.05) is 13.7 Å². The molecule has 0 unspecified atom stereocenters. The number of aromatic amines is 1. The summed E-state index contributed by atoms with van der Waals surface area (Å²) >= 11 is 0. The zero-order chi connectivity index (χ0) is 14.4. The summed E-state index contributed by atoms with van der Waals surface area (Å²) in [7, 11) is 1.62. The van der Waals surface area contributed by atoms with E-state index in [1.54, 1.807) is 13.3 Å². The highest BCUT2D eigenvalue weighted by molar-refractivity contribution is 5.78. The summed E-state index contributed by atoms with van der Waals surface area (Å²) in [4.78, 5) is 19.1. The Morgan fingerprint density at radius 2 is 2.30 bits per heavy atom. The third-order valence-electron chi connectivity index (χ3n) is 2.97. The lowest BCUT2D eigenvalue weighted by Gasteiger charge is -2.06. The van der Waals surface area contributed by atoms with Gasteiger partial charge in [-0.25, -0.2) is 4.98 Å². The Morgan fingerprint density at radius 3 is 3.00 bits per heavy atom. The van der Waals surface area contributed by atoms with E-state index in [0.717, 1.165) is 29.3 Å². The topological polar surface area (TPSA) is 67.0 Å². The lowest BCUT2D eigenvalue weighted by Crippen LogP contribution is -2.27. The summed E-state index contributed by atoms with van der Waals surface area (Å²) in [6.07, 6.45) is 2.91. The van der Waals surface area contributed by atoms with Crippen LogP contribution in [0.2, 0.25) is 0 Å². The average molecular weight is 273 g/mol. The average Bonchev–Trinajstić information content (AvgIpc) is 2.84. The number of rotatable bonds is 6. The number of carbonyl (C=O) groups is 1. The van der Waals surface area contributed by atoms with Crippen LogP contribution in [0.4, 0.5) is 0 Å².